The minimum absolute atomic E-state index is 0.0470. The van der Waals surface area contributed by atoms with Crippen LogP contribution in [0.1, 0.15) is 21.6 Å². The highest BCUT2D eigenvalue weighted by Gasteiger charge is 2.19. The average Bonchev–Trinajstić information content (AvgIpc) is 3.11. The third-order valence-corrected chi connectivity index (χ3v) is 4.74. The number of fused-ring (bicyclic) bond motifs is 1. The van der Waals surface area contributed by atoms with Crippen LogP contribution in [0.15, 0.2) is 78.9 Å². The van der Waals surface area contributed by atoms with Crippen molar-refractivity contribution in [3.63, 3.8) is 0 Å². The van der Waals surface area contributed by atoms with Crippen LogP contribution in [0.2, 0.25) is 5.02 Å². The van der Waals surface area contributed by atoms with E-state index < -0.39 is 0 Å². The summed E-state index contributed by atoms with van der Waals surface area (Å²) >= 11 is 5.97. The van der Waals surface area contributed by atoms with Gasteiger partial charge < -0.3 is 4.90 Å². The van der Waals surface area contributed by atoms with Gasteiger partial charge in [-0.1, -0.05) is 60.1 Å². The Labute approximate surface area is 162 Å². The van der Waals surface area contributed by atoms with Crippen molar-refractivity contribution in [3.05, 3.63) is 101 Å². The molecule has 0 bridgehead atoms. The van der Waals surface area contributed by atoms with E-state index in [9.17, 15) is 4.79 Å². The molecule has 134 valence electrons. The van der Waals surface area contributed by atoms with E-state index >= 15 is 0 Å². The van der Waals surface area contributed by atoms with E-state index in [0.29, 0.717) is 23.7 Å². The molecule has 27 heavy (non-hydrogen) atoms. The molecule has 4 aromatic rings. The summed E-state index contributed by atoms with van der Waals surface area (Å²) in [7, 11) is 0. The molecular formula is C22H18ClN3O. The molecule has 0 spiro atoms. The van der Waals surface area contributed by atoms with Gasteiger partial charge in [-0.05, 0) is 35.9 Å². The number of aromatic nitrogens is 2. The van der Waals surface area contributed by atoms with E-state index in [1.165, 1.54) is 0 Å². The Morgan fingerprint density at radius 2 is 1.59 bits per heavy atom. The van der Waals surface area contributed by atoms with Crippen LogP contribution >= 0.6 is 11.6 Å². The number of rotatable bonds is 5. The highest BCUT2D eigenvalue weighted by Crippen LogP contribution is 2.20. The van der Waals surface area contributed by atoms with Gasteiger partial charge in [-0.25, -0.2) is 0 Å². The first kappa shape index (κ1) is 17.3. The Kier molecular flexibility index (Phi) is 4.90. The minimum atomic E-state index is -0.0470. The lowest BCUT2D eigenvalue weighted by Crippen LogP contribution is -2.30. The van der Waals surface area contributed by atoms with Crippen molar-refractivity contribution >= 4 is 28.4 Å². The third-order valence-electron chi connectivity index (χ3n) is 4.48. The fourth-order valence-electron chi connectivity index (χ4n) is 3.10. The van der Waals surface area contributed by atoms with Gasteiger partial charge in [-0.3, -0.25) is 9.89 Å². The highest BCUT2D eigenvalue weighted by molar-refractivity contribution is 6.30. The molecule has 1 N–H and O–H groups in total. The lowest BCUT2D eigenvalue weighted by molar-refractivity contribution is 0.0728. The molecule has 0 unspecified atom stereocenters. The number of hydrogen-bond acceptors (Lipinski definition) is 2. The summed E-state index contributed by atoms with van der Waals surface area (Å²) in [6.07, 6.45) is 0. The molecule has 1 amide bonds. The Balaban J connectivity index is 1.67. The maximum absolute atomic E-state index is 13.2. The summed E-state index contributed by atoms with van der Waals surface area (Å²) in [5.74, 6) is -0.0470. The first-order valence-corrected chi connectivity index (χ1v) is 9.09. The van der Waals surface area contributed by atoms with Gasteiger partial charge in [-0.2, -0.15) is 5.10 Å². The highest BCUT2D eigenvalue weighted by atomic mass is 35.5. The Morgan fingerprint density at radius 1 is 0.889 bits per heavy atom. The summed E-state index contributed by atoms with van der Waals surface area (Å²) in [5.41, 5.74) is 3.50. The Bertz CT molecular complexity index is 1060. The summed E-state index contributed by atoms with van der Waals surface area (Å²) < 4.78 is 0. The molecule has 0 aliphatic carbocycles. The average molecular weight is 376 g/mol. The Morgan fingerprint density at radius 3 is 2.37 bits per heavy atom. The van der Waals surface area contributed by atoms with Crippen LogP contribution in [0, 0.1) is 0 Å². The molecule has 3 aromatic carbocycles. The summed E-state index contributed by atoms with van der Waals surface area (Å²) in [4.78, 5) is 15.0. The van der Waals surface area contributed by atoms with E-state index in [-0.39, 0.29) is 5.91 Å². The number of benzene rings is 3. The molecule has 5 heteroatoms. The van der Waals surface area contributed by atoms with E-state index in [0.717, 1.165) is 22.2 Å². The molecule has 0 atom stereocenters. The van der Waals surface area contributed by atoms with Gasteiger partial charge >= 0.3 is 0 Å². The second-order valence-electron chi connectivity index (χ2n) is 6.37. The normalized spacial score (nSPS) is 10.9. The number of nitrogens with one attached hydrogen (secondary N) is 1. The van der Waals surface area contributed by atoms with Gasteiger partial charge in [0.05, 0.1) is 17.8 Å². The smallest absolute Gasteiger partial charge is 0.254 e. The van der Waals surface area contributed by atoms with Crippen molar-refractivity contribution in [3.8, 4) is 0 Å². The van der Waals surface area contributed by atoms with Crippen molar-refractivity contribution in [2.24, 2.45) is 0 Å². The first-order chi connectivity index (χ1) is 13.2. The van der Waals surface area contributed by atoms with Crippen LogP contribution in [0.3, 0.4) is 0 Å². The monoisotopic (exact) mass is 375 g/mol. The van der Waals surface area contributed by atoms with Crippen LogP contribution in [0.5, 0.6) is 0 Å². The molecule has 1 heterocycles. The van der Waals surface area contributed by atoms with Crippen LogP contribution < -0.4 is 0 Å². The van der Waals surface area contributed by atoms with E-state index in [1.54, 1.807) is 24.3 Å². The SMILES string of the molecule is O=C(c1ccc(Cl)cc1)N(Cc1ccccc1)Cc1[nH]nc2ccccc12. The van der Waals surface area contributed by atoms with Crippen LogP contribution in [0.4, 0.5) is 0 Å². The second-order valence-corrected chi connectivity index (χ2v) is 6.81. The molecule has 0 fully saturated rings. The zero-order valence-corrected chi connectivity index (χ0v) is 15.4. The van der Waals surface area contributed by atoms with Crippen LogP contribution in [0.25, 0.3) is 10.9 Å². The summed E-state index contributed by atoms with van der Waals surface area (Å²) in [5, 5.41) is 9.06. The third kappa shape index (κ3) is 3.86. The number of halogens is 1. The van der Waals surface area contributed by atoms with E-state index in [1.807, 2.05) is 59.5 Å². The number of carbonyl (C=O) groups is 1. The minimum Gasteiger partial charge on any atom is -0.328 e. The maximum Gasteiger partial charge on any atom is 0.254 e. The van der Waals surface area contributed by atoms with Gasteiger partial charge in [-0.15, -0.1) is 0 Å². The number of carbonyl (C=O) groups excluding carboxylic acids is 1. The van der Waals surface area contributed by atoms with Gasteiger partial charge in [0.1, 0.15) is 0 Å². The fraction of sp³-hybridized carbons (Fsp3) is 0.0909. The van der Waals surface area contributed by atoms with Crippen LogP contribution in [-0.4, -0.2) is 21.0 Å². The number of H-pyrrole nitrogens is 1. The predicted molar refractivity (Wildman–Crippen MR) is 108 cm³/mol. The Hall–Kier alpha value is -3.11. The van der Waals surface area contributed by atoms with Crippen molar-refractivity contribution in [1.82, 2.24) is 15.1 Å². The maximum atomic E-state index is 13.2. The first-order valence-electron chi connectivity index (χ1n) is 8.71. The van der Waals surface area contributed by atoms with E-state index in [4.69, 9.17) is 11.6 Å². The topological polar surface area (TPSA) is 49.0 Å². The molecule has 0 radical (unpaired) electrons. The number of amides is 1. The van der Waals surface area contributed by atoms with Gasteiger partial charge in [0.25, 0.3) is 5.91 Å². The van der Waals surface area contributed by atoms with Gasteiger partial charge in [0.2, 0.25) is 0 Å². The van der Waals surface area contributed by atoms with Gasteiger partial charge in [0.15, 0.2) is 0 Å². The summed E-state index contributed by atoms with van der Waals surface area (Å²) in [6.45, 7) is 0.951. The molecule has 4 rings (SSSR count). The molecule has 0 saturated heterocycles. The molecular weight excluding hydrogens is 358 g/mol. The molecule has 0 aliphatic rings. The predicted octanol–water partition coefficient (Wildman–Crippen LogP) is 5.06. The van der Waals surface area contributed by atoms with Crippen molar-refractivity contribution < 1.29 is 4.79 Å². The zero-order valence-electron chi connectivity index (χ0n) is 14.6. The summed E-state index contributed by atoms with van der Waals surface area (Å²) in [6, 6.07) is 24.9. The van der Waals surface area contributed by atoms with E-state index in [2.05, 4.69) is 10.2 Å². The number of hydrogen-bond donors (Lipinski definition) is 1. The molecule has 1 aromatic heterocycles. The molecule has 4 nitrogen and oxygen atoms in total. The number of nitrogens with zero attached hydrogens (tertiary/aromatic N) is 2. The second kappa shape index (κ2) is 7.64. The lowest BCUT2D eigenvalue weighted by Gasteiger charge is -2.22. The number of aromatic amines is 1. The lowest BCUT2D eigenvalue weighted by atomic mass is 10.1. The largest absolute Gasteiger partial charge is 0.328 e. The molecule has 0 saturated carbocycles. The van der Waals surface area contributed by atoms with Crippen molar-refractivity contribution in [2.75, 3.05) is 0 Å². The van der Waals surface area contributed by atoms with Crippen molar-refractivity contribution in [1.29, 1.82) is 0 Å². The number of para-hydroxylation sites is 1. The quantitative estimate of drug-likeness (QED) is 0.530. The van der Waals surface area contributed by atoms with Crippen LogP contribution in [-0.2, 0) is 13.1 Å². The standard InChI is InChI=1S/C22H18ClN3O/c23-18-12-10-17(11-13-18)22(27)26(14-16-6-2-1-3-7-16)15-21-19-8-4-5-9-20(19)24-25-21/h1-13H,14-15H2,(H,24,25). The fourth-order valence-corrected chi connectivity index (χ4v) is 3.23. The molecule has 0 aliphatic heterocycles. The van der Waals surface area contributed by atoms with Crippen molar-refractivity contribution in [2.45, 2.75) is 13.1 Å². The zero-order chi connectivity index (χ0) is 18.6. The van der Waals surface area contributed by atoms with Gasteiger partial charge in [0, 0.05) is 22.5 Å².